The zero-order chi connectivity index (χ0) is 20.0. The van der Waals surface area contributed by atoms with Crippen molar-refractivity contribution in [1.82, 2.24) is 14.1 Å². The van der Waals surface area contributed by atoms with Crippen LogP contribution in [0.4, 0.5) is 11.6 Å². The summed E-state index contributed by atoms with van der Waals surface area (Å²) in [6, 6.07) is 6.47. The fraction of sp³-hybridized carbons (Fsp3) is 0.476. The van der Waals surface area contributed by atoms with Crippen molar-refractivity contribution in [3.8, 4) is 0 Å². The Labute approximate surface area is 163 Å². The number of unbranched alkanes of at least 4 members (excludes halogenated alkanes) is 1. The molecular weight excluding hydrogens is 354 g/mol. The molecule has 1 aliphatic rings. The predicted octanol–water partition coefficient (Wildman–Crippen LogP) is 2.27. The second kappa shape index (κ2) is 6.96. The van der Waals surface area contributed by atoms with Crippen molar-refractivity contribution in [2.24, 2.45) is 7.05 Å². The SMILES string of the molecule is CCCCn1c(=O)c2c([nH]c3[n+]2CCCN3c2cc(C)cc(C)c2)n(C)c1=O. The number of hydrogen-bond acceptors (Lipinski definition) is 3. The summed E-state index contributed by atoms with van der Waals surface area (Å²) in [6.07, 6.45) is 2.69. The lowest BCUT2D eigenvalue weighted by Crippen LogP contribution is -2.49. The van der Waals surface area contributed by atoms with Gasteiger partial charge < -0.3 is 0 Å². The monoisotopic (exact) mass is 382 g/mol. The Kier molecular flexibility index (Phi) is 4.61. The number of aromatic amines is 1. The van der Waals surface area contributed by atoms with Gasteiger partial charge in [-0.25, -0.2) is 19.2 Å². The second-order valence-electron chi connectivity index (χ2n) is 7.80. The molecule has 1 aromatic carbocycles. The van der Waals surface area contributed by atoms with Gasteiger partial charge in [-0.05, 0) is 43.5 Å². The first-order valence-electron chi connectivity index (χ1n) is 10.0. The van der Waals surface area contributed by atoms with Gasteiger partial charge in [0.05, 0.1) is 13.1 Å². The average molecular weight is 382 g/mol. The van der Waals surface area contributed by atoms with Crippen LogP contribution in [-0.4, -0.2) is 20.7 Å². The van der Waals surface area contributed by atoms with Gasteiger partial charge in [-0.15, -0.1) is 0 Å². The predicted molar refractivity (Wildman–Crippen MR) is 110 cm³/mol. The molecule has 0 saturated carbocycles. The van der Waals surface area contributed by atoms with Crippen molar-refractivity contribution in [3.05, 3.63) is 50.2 Å². The molecule has 3 heterocycles. The molecule has 0 unspecified atom stereocenters. The molecule has 28 heavy (non-hydrogen) atoms. The van der Waals surface area contributed by atoms with Crippen LogP contribution in [0.2, 0.25) is 0 Å². The first kappa shape index (κ1) is 18.5. The zero-order valence-electron chi connectivity index (χ0n) is 17.1. The quantitative estimate of drug-likeness (QED) is 0.704. The molecule has 0 radical (unpaired) electrons. The Morgan fingerprint density at radius 2 is 1.86 bits per heavy atom. The zero-order valence-corrected chi connectivity index (χ0v) is 17.1. The highest BCUT2D eigenvalue weighted by atomic mass is 16.2. The molecule has 7 heteroatoms. The van der Waals surface area contributed by atoms with Crippen molar-refractivity contribution in [2.75, 3.05) is 11.4 Å². The van der Waals surface area contributed by atoms with E-state index in [0.717, 1.165) is 44.0 Å². The number of benzene rings is 1. The number of nitrogens with one attached hydrogen (secondary N) is 1. The highest BCUT2D eigenvalue weighted by molar-refractivity contribution is 5.70. The third kappa shape index (κ3) is 2.85. The topological polar surface area (TPSA) is 66.9 Å². The molecular formula is C21H28N5O2+. The number of anilines is 2. The van der Waals surface area contributed by atoms with Crippen LogP contribution in [0.1, 0.15) is 37.3 Å². The fourth-order valence-electron chi connectivity index (χ4n) is 4.21. The first-order chi connectivity index (χ1) is 13.4. The van der Waals surface area contributed by atoms with E-state index in [0.29, 0.717) is 17.7 Å². The number of H-pyrrole nitrogens is 1. The summed E-state index contributed by atoms with van der Waals surface area (Å²) in [6.45, 7) is 8.33. The maximum atomic E-state index is 13.2. The van der Waals surface area contributed by atoms with E-state index in [1.807, 2.05) is 4.57 Å². The Morgan fingerprint density at radius 1 is 1.14 bits per heavy atom. The summed E-state index contributed by atoms with van der Waals surface area (Å²) >= 11 is 0. The van der Waals surface area contributed by atoms with E-state index in [1.165, 1.54) is 15.7 Å². The number of hydrogen-bond donors (Lipinski definition) is 1. The van der Waals surface area contributed by atoms with Crippen LogP contribution in [0, 0.1) is 13.8 Å². The molecule has 0 fully saturated rings. The molecule has 0 atom stereocenters. The van der Waals surface area contributed by atoms with Crippen molar-refractivity contribution < 1.29 is 4.57 Å². The van der Waals surface area contributed by atoms with E-state index in [9.17, 15) is 9.59 Å². The normalized spacial score (nSPS) is 13.9. The molecule has 2 aromatic heterocycles. The Morgan fingerprint density at radius 3 is 2.54 bits per heavy atom. The highest BCUT2D eigenvalue weighted by Gasteiger charge is 2.33. The summed E-state index contributed by atoms with van der Waals surface area (Å²) < 4.78 is 4.99. The van der Waals surface area contributed by atoms with Gasteiger partial charge in [-0.3, -0.25) is 13.9 Å². The minimum atomic E-state index is -0.261. The van der Waals surface area contributed by atoms with Gasteiger partial charge in [0.2, 0.25) is 11.2 Å². The van der Waals surface area contributed by atoms with Crippen LogP contribution in [0.3, 0.4) is 0 Å². The van der Waals surface area contributed by atoms with Crippen LogP contribution < -0.4 is 20.7 Å². The number of fused-ring (bicyclic) bond motifs is 3. The van der Waals surface area contributed by atoms with E-state index in [2.05, 4.69) is 48.9 Å². The molecule has 1 aliphatic heterocycles. The van der Waals surface area contributed by atoms with Crippen molar-refractivity contribution in [3.63, 3.8) is 0 Å². The molecule has 0 spiro atoms. The average Bonchev–Trinajstić information content (AvgIpc) is 3.05. The van der Waals surface area contributed by atoms with Gasteiger partial charge in [-0.2, -0.15) is 0 Å². The van der Waals surface area contributed by atoms with Crippen LogP contribution in [0.15, 0.2) is 27.8 Å². The van der Waals surface area contributed by atoms with Crippen LogP contribution in [0.25, 0.3) is 11.2 Å². The number of imidazole rings is 1. The van der Waals surface area contributed by atoms with Gasteiger partial charge in [0.1, 0.15) is 5.69 Å². The van der Waals surface area contributed by atoms with Crippen molar-refractivity contribution in [2.45, 2.75) is 53.1 Å². The summed E-state index contributed by atoms with van der Waals surface area (Å²) in [5.41, 5.74) is 4.24. The fourth-order valence-corrected chi connectivity index (χ4v) is 4.21. The van der Waals surface area contributed by atoms with Gasteiger partial charge in [0.15, 0.2) is 0 Å². The highest BCUT2D eigenvalue weighted by Crippen LogP contribution is 2.27. The molecule has 0 bridgehead atoms. The molecule has 3 aromatic rings. The second-order valence-corrected chi connectivity index (χ2v) is 7.80. The van der Waals surface area contributed by atoms with Crippen LogP contribution >= 0.6 is 0 Å². The Bertz CT molecular complexity index is 1150. The number of aromatic nitrogens is 4. The van der Waals surface area contributed by atoms with Gasteiger partial charge in [-0.1, -0.05) is 19.4 Å². The largest absolute Gasteiger partial charge is 0.364 e. The molecule has 0 aliphatic carbocycles. The third-order valence-corrected chi connectivity index (χ3v) is 5.55. The summed E-state index contributed by atoms with van der Waals surface area (Å²) in [4.78, 5) is 31.5. The smallest absolute Gasteiger partial charge is 0.267 e. The van der Waals surface area contributed by atoms with Crippen LogP contribution in [0.5, 0.6) is 0 Å². The summed E-state index contributed by atoms with van der Waals surface area (Å²) in [7, 11) is 1.73. The summed E-state index contributed by atoms with van der Waals surface area (Å²) in [5, 5.41) is 0. The van der Waals surface area contributed by atoms with Crippen molar-refractivity contribution in [1.29, 1.82) is 0 Å². The van der Waals surface area contributed by atoms with Crippen molar-refractivity contribution >= 4 is 22.8 Å². The number of aryl methyl sites for hydroxylation is 4. The van der Waals surface area contributed by atoms with E-state index in [-0.39, 0.29) is 11.2 Å². The Balaban J connectivity index is 1.95. The number of nitrogens with zero attached hydrogens (tertiary/aromatic N) is 4. The molecule has 148 valence electrons. The lowest BCUT2D eigenvalue weighted by atomic mass is 10.1. The first-order valence-corrected chi connectivity index (χ1v) is 10.0. The van der Waals surface area contributed by atoms with Gasteiger partial charge in [0.25, 0.3) is 5.56 Å². The standard InChI is InChI=1S/C21H27N5O2/c1-5-6-8-26-19(27)17-18(23(4)21(26)28)22-20-24(9-7-10-25(17)20)16-12-14(2)11-15(3)13-16/h11-13H,5-10H2,1-4H3/p+1. The van der Waals surface area contributed by atoms with Gasteiger partial charge >= 0.3 is 11.6 Å². The van der Waals surface area contributed by atoms with E-state index >= 15 is 0 Å². The minimum Gasteiger partial charge on any atom is -0.267 e. The molecule has 7 nitrogen and oxygen atoms in total. The summed E-state index contributed by atoms with van der Waals surface area (Å²) in [5.74, 6) is 0.867. The third-order valence-electron chi connectivity index (χ3n) is 5.55. The van der Waals surface area contributed by atoms with E-state index in [1.54, 1.807) is 11.6 Å². The minimum absolute atomic E-state index is 0.198. The maximum Gasteiger partial charge on any atom is 0.364 e. The molecule has 0 amide bonds. The Hall–Kier alpha value is -2.83. The van der Waals surface area contributed by atoms with Gasteiger partial charge in [0, 0.05) is 20.0 Å². The molecule has 0 saturated heterocycles. The molecule has 4 rings (SSSR count). The van der Waals surface area contributed by atoms with E-state index in [4.69, 9.17) is 0 Å². The molecule has 1 N–H and O–H groups in total. The van der Waals surface area contributed by atoms with E-state index < -0.39 is 0 Å². The number of rotatable bonds is 4. The van der Waals surface area contributed by atoms with Crippen LogP contribution in [-0.2, 0) is 20.1 Å². The lowest BCUT2D eigenvalue weighted by Gasteiger charge is -2.22. The lowest BCUT2D eigenvalue weighted by molar-refractivity contribution is -0.663. The maximum absolute atomic E-state index is 13.2.